The van der Waals surface area contributed by atoms with Crippen molar-refractivity contribution in [2.75, 3.05) is 13.4 Å². The van der Waals surface area contributed by atoms with Crippen LogP contribution in [0.2, 0.25) is 0 Å². The molecule has 1 atom stereocenters. The second kappa shape index (κ2) is 6.02. The van der Waals surface area contributed by atoms with Crippen LogP contribution in [0, 0.1) is 5.92 Å². The highest BCUT2D eigenvalue weighted by Gasteiger charge is 2.21. The van der Waals surface area contributed by atoms with Crippen molar-refractivity contribution in [2.45, 2.75) is 44.8 Å². The highest BCUT2D eigenvalue weighted by atomic mass is 16.7. The predicted molar refractivity (Wildman–Crippen MR) is 74.9 cm³/mol. The van der Waals surface area contributed by atoms with E-state index in [0.29, 0.717) is 18.5 Å². The average Bonchev–Trinajstić information content (AvgIpc) is 2.93. The third kappa shape index (κ3) is 3.07. The first-order chi connectivity index (χ1) is 9.72. The van der Waals surface area contributed by atoms with Crippen molar-refractivity contribution in [3.05, 3.63) is 23.8 Å². The molecule has 1 saturated carbocycles. The highest BCUT2D eigenvalue weighted by molar-refractivity contribution is 5.45. The summed E-state index contributed by atoms with van der Waals surface area (Å²) in [5.41, 5.74) is 0.818. The number of hydrogen-bond donors (Lipinski definition) is 1. The van der Waals surface area contributed by atoms with Gasteiger partial charge in [-0.25, -0.2) is 0 Å². The summed E-state index contributed by atoms with van der Waals surface area (Å²) in [7, 11) is 0. The van der Waals surface area contributed by atoms with Crippen molar-refractivity contribution in [2.24, 2.45) is 5.92 Å². The van der Waals surface area contributed by atoms with Crippen LogP contribution in [0.4, 0.5) is 0 Å². The number of aliphatic hydroxyl groups excluding tert-OH is 1. The largest absolute Gasteiger partial charge is 0.454 e. The lowest BCUT2D eigenvalue weighted by Gasteiger charge is -2.27. The van der Waals surface area contributed by atoms with Crippen LogP contribution in [0.5, 0.6) is 11.5 Å². The number of rotatable bonds is 4. The highest BCUT2D eigenvalue weighted by Crippen LogP contribution is 2.34. The lowest BCUT2D eigenvalue weighted by Crippen LogP contribution is -2.22. The summed E-state index contributed by atoms with van der Waals surface area (Å²) in [6, 6.07) is 5.53. The smallest absolute Gasteiger partial charge is 0.231 e. The molecule has 2 aliphatic rings. The van der Waals surface area contributed by atoms with Crippen LogP contribution >= 0.6 is 0 Å². The molecule has 0 radical (unpaired) electrons. The third-order valence-electron chi connectivity index (χ3n) is 4.23. The second-order valence-electron chi connectivity index (χ2n) is 5.84. The number of aliphatic hydroxyl groups is 1. The topological polar surface area (TPSA) is 47.9 Å². The summed E-state index contributed by atoms with van der Waals surface area (Å²) in [6.45, 7) is 2.89. The molecule has 0 bridgehead atoms. The maximum absolute atomic E-state index is 10.2. The van der Waals surface area contributed by atoms with E-state index in [1.807, 2.05) is 18.2 Å². The third-order valence-corrected chi connectivity index (χ3v) is 4.23. The lowest BCUT2D eigenvalue weighted by atomic mass is 9.89. The average molecular weight is 278 g/mol. The molecule has 4 heteroatoms. The van der Waals surface area contributed by atoms with E-state index in [1.54, 1.807) is 0 Å². The Labute approximate surface area is 119 Å². The standard InChI is InChI=1S/C16H22O4/c1-11-2-5-13(6-3-11)18-9-14(17)12-4-7-15-16(8-12)20-10-19-15/h4,7-8,11,13-14,17H,2-3,5-6,9-10H2,1H3. The first kappa shape index (κ1) is 13.7. The van der Waals surface area contributed by atoms with Crippen molar-refractivity contribution in [1.82, 2.24) is 0 Å². The fourth-order valence-corrected chi connectivity index (χ4v) is 2.84. The summed E-state index contributed by atoms with van der Waals surface area (Å²) in [4.78, 5) is 0. The number of benzene rings is 1. The van der Waals surface area contributed by atoms with E-state index in [2.05, 4.69) is 6.92 Å². The van der Waals surface area contributed by atoms with Gasteiger partial charge in [-0.2, -0.15) is 0 Å². The maximum Gasteiger partial charge on any atom is 0.231 e. The molecule has 0 aromatic heterocycles. The number of ether oxygens (including phenoxy) is 3. The fraction of sp³-hybridized carbons (Fsp3) is 0.625. The summed E-state index contributed by atoms with van der Waals surface area (Å²) in [5, 5.41) is 10.2. The first-order valence-electron chi connectivity index (χ1n) is 7.41. The normalized spacial score (nSPS) is 26.5. The Bertz CT molecular complexity index is 452. The minimum absolute atomic E-state index is 0.256. The molecule has 4 nitrogen and oxygen atoms in total. The Hall–Kier alpha value is -1.26. The fourth-order valence-electron chi connectivity index (χ4n) is 2.84. The summed E-state index contributed by atoms with van der Waals surface area (Å²) in [6.07, 6.45) is 4.36. The summed E-state index contributed by atoms with van der Waals surface area (Å²) < 4.78 is 16.4. The van der Waals surface area contributed by atoms with Crippen LogP contribution in [-0.4, -0.2) is 24.6 Å². The van der Waals surface area contributed by atoms with Gasteiger partial charge in [0, 0.05) is 0 Å². The van der Waals surface area contributed by atoms with Gasteiger partial charge in [-0.1, -0.05) is 13.0 Å². The molecule has 20 heavy (non-hydrogen) atoms. The molecular formula is C16H22O4. The number of fused-ring (bicyclic) bond motifs is 1. The van der Waals surface area contributed by atoms with Gasteiger partial charge in [0.1, 0.15) is 6.10 Å². The van der Waals surface area contributed by atoms with Crippen LogP contribution < -0.4 is 9.47 Å². The van der Waals surface area contributed by atoms with Gasteiger partial charge in [0.15, 0.2) is 11.5 Å². The SMILES string of the molecule is CC1CCC(OCC(O)c2ccc3c(c2)OCO3)CC1. The monoisotopic (exact) mass is 278 g/mol. The Morgan fingerprint density at radius 2 is 1.95 bits per heavy atom. The molecule has 1 heterocycles. The van der Waals surface area contributed by atoms with Gasteiger partial charge in [-0.05, 0) is 49.3 Å². The van der Waals surface area contributed by atoms with Crippen LogP contribution in [-0.2, 0) is 4.74 Å². The van der Waals surface area contributed by atoms with Crippen LogP contribution in [0.1, 0.15) is 44.3 Å². The molecule has 3 rings (SSSR count). The Morgan fingerprint density at radius 3 is 2.75 bits per heavy atom. The summed E-state index contributed by atoms with van der Waals surface area (Å²) in [5.74, 6) is 2.25. The summed E-state index contributed by atoms with van der Waals surface area (Å²) >= 11 is 0. The minimum Gasteiger partial charge on any atom is -0.454 e. The van der Waals surface area contributed by atoms with Gasteiger partial charge in [-0.15, -0.1) is 0 Å². The van der Waals surface area contributed by atoms with E-state index in [-0.39, 0.29) is 6.79 Å². The zero-order chi connectivity index (χ0) is 13.9. The van der Waals surface area contributed by atoms with E-state index in [4.69, 9.17) is 14.2 Å². The van der Waals surface area contributed by atoms with Crippen molar-refractivity contribution in [3.8, 4) is 11.5 Å². The second-order valence-corrected chi connectivity index (χ2v) is 5.84. The van der Waals surface area contributed by atoms with E-state index in [1.165, 1.54) is 12.8 Å². The Kier molecular flexibility index (Phi) is 4.13. The van der Waals surface area contributed by atoms with Crippen molar-refractivity contribution >= 4 is 0 Å². The van der Waals surface area contributed by atoms with E-state index in [0.717, 1.165) is 30.1 Å². The molecule has 1 fully saturated rings. The Morgan fingerprint density at radius 1 is 1.20 bits per heavy atom. The quantitative estimate of drug-likeness (QED) is 0.919. The molecular weight excluding hydrogens is 256 g/mol. The molecule has 1 N–H and O–H groups in total. The molecule has 1 aromatic rings. The van der Waals surface area contributed by atoms with E-state index < -0.39 is 6.10 Å². The van der Waals surface area contributed by atoms with Gasteiger partial charge in [0.2, 0.25) is 6.79 Å². The molecule has 0 amide bonds. The van der Waals surface area contributed by atoms with Crippen LogP contribution in [0.25, 0.3) is 0 Å². The number of hydrogen-bond acceptors (Lipinski definition) is 4. The Balaban J connectivity index is 1.52. The molecule has 1 unspecified atom stereocenters. The van der Waals surface area contributed by atoms with Gasteiger partial charge >= 0.3 is 0 Å². The molecule has 1 aliphatic heterocycles. The van der Waals surface area contributed by atoms with Crippen molar-refractivity contribution in [3.63, 3.8) is 0 Å². The van der Waals surface area contributed by atoms with Crippen molar-refractivity contribution in [1.29, 1.82) is 0 Å². The van der Waals surface area contributed by atoms with Gasteiger partial charge in [-0.3, -0.25) is 0 Å². The van der Waals surface area contributed by atoms with Gasteiger partial charge in [0.05, 0.1) is 12.7 Å². The molecule has 110 valence electrons. The minimum atomic E-state index is -0.608. The zero-order valence-corrected chi connectivity index (χ0v) is 11.9. The maximum atomic E-state index is 10.2. The molecule has 1 aliphatic carbocycles. The first-order valence-corrected chi connectivity index (χ1v) is 7.41. The van der Waals surface area contributed by atoms with Crippen molar-refractivity contribution < 1.29 is 19.3 Å². The van der Waals surface area contributed by atoms with E-state index >= 15 is 0 Å². The molecule has 1 aromatic carbocycles. The van der Waals surface area contributed by atoms with Crippen LogP contribution in [0.3, 0.4) is 0 Å². The van der Waals surface area contributed by atoms with Gasteiger partial charge < -0.3 is 19.3 Å². The van der Waals surface area contributed by atoms with Gasteiger partial charge in [0.25, 0.3) is 0 Å². The van der Waals surface area contributed by atoms with E-state index in [9.17, 15) is 5.11 Å². The predicted octanol–water partition coefficient (Wildman–Crippen LogP) is 3.04. The lowest BCUT2D eigenvalue weighted by molar-refractivity contribution is -0.0294. The zero-order valence-electron chi connectivity index (χ0n) is 11.9. The molecule has 0 saturated heterocycles. The molecule has 0 spiro atoms. The van der Waals surface area contributed by atoms with Crippen LogP contribution in [0.15, 0.2) is 18.2 Å².